The highest BCUT2D eigenvalue weighted by Gasteiger charge is 2.33. The Labute approximate surface area is 82.5 Å². The summed E-state index contributed by atoms with van der Waals surface area (Å²) >= 11 is 0. The fraction of sp³-hybridized carbons (Fsp3) is 0.600. The molecule has 0 rings (SSSR count). The van der Waals surface area contributed by atoms with Crippen molar-refractivity contribution >= 4 is 8.56 Å². The van der Waals surface area contributed by atoms with E-state index in [1.54, 1.807) is 0 Å². The topological polar surface area (TPSA) is 18.5 Å². The molecule has 0 saturated heterocycles. The smallest absolute Gasteiger partial charge is 0.345 e. The van der Waals surface area contributed by atoms with Gasteiger partial charge >= 0.3 is 8.56 Å². The van der Waals surface area contributed by atoms with Crippen LogP contribution in [0.25, 0.3) is 0 Å². The van der Waals surface area contributed by atoms with Crippen molar-refractivity contribution in [2.24, 2.45) is 0 Å². The number of hydrogen-bond acceptors (Lipinski definition) is 2. The fourth-order valence-corrected chi connectivity index (χ4v) is 3.98. The number of allylic oxidation sites excluding steroid dienone is 2. The van der Waals surface area contributed by atoms with Crippen LogP contribution in [0.5, 0.6) is 0 Å². The Morgan fingerprint density at radius 3 is 1.62 bits per heavy atom. The van der Waals surface area contributed by atoms with E-state index in [0.29, 0.717) is 13.2 Å². The first-order chi connectivity index (χ1) is 6.24. The highest BCUT2D eigenvalue weighted by molar-refractivity contribution is 6.68. The molecular weight excluding hydrogens is 180 g/mol. The quantitative estimate of drug-likeness (QED) is 0.443. The summed E-state index contributed by atoms with van der Waals surface area (Å²) in [6, 6.07) is 1.67. The van der Waals surface area contributed by atoms with Crippen LogP contribution in [0, 0.1) is 0 Å². The lowest BCUT2D eigenvalue weighted by Gasteiger charge is -2.27. The Morgan fingerprint density at radius 1 is 1.00 bits per heavy atom. The molecule has 0 aliphatic heterocycles. The molecule has 0 saturated carbocycles. The van der Waals surface area contributed by atoms with Crippen LogP contribution in [-0.4, -0.2) is 21.8 Å². The average molecular weight is 200 g/mol. The maximum atomic E-state index is 5.72. The molecule has 13 heavy (non-hydrogen) atoms. The van der Waals surface area contributed by atoms with Gasteiger partial charge in [0, 0.05) is 25.3 Å². The zero-order valence-corrected chi connectivity index (χ0v) is 9.71. The molecule has 0 aliphatic carbocycles. The van der Waals surface area contributed by atoms with E-state index in [1.807, 2.05) is 26.0 Å². The zero-order chi connectivity index (χ0) is 10.2. The van der Waals surface area contributed by atoms with Gasteiger partial charge in [0.05, 0.1) is 0 Å². The Kier molecular flexibility index (Phi) is 6.85. The molecule has 3 heteroatoms. The van der Waals surface area contributed by atoms with Crippen molar-refractivity contribution < 1.29 is 8.85 Å². The summed E-state index contributed by atoms with van der Waals surface area (Å²) in [5.74, 6) is 0. The van der Waals surface area contributed by atoms with Crippen LogP contribution >= 0.6 is 0 Å². The lowest BCUT2D eigenvalue weighted by Crippen LogP contribution is -2.41. The van der Waals surface area contributed by atoms with Gasteiger partial charge in [-0.25, -0.2) is 0 Å². The summed E-state index contributed by atoms with van der Waals surface area (Å²) in [6.45, 7) is 12.9. The van der Waals surface area contributed by atoms with E-state index < -0.39 is 8.56 Å². The van der Waals surface area contributed by atoms with Crippen LogP contribution in [-0.2, 0) is 8.85 Å². The van der Waals surface area contributed by atoms with E-state index in [1.165, 1.54) is 0 Å². The minimum Gasteiger partial charge on any atom is -0.394 e. The van der Waals surface area contributed by atoms with Crippen LogP contribution in [0.15, 0.2) is 25.3 Å². The average Bonchev–Trinajstić information content (AvgIpc) is 2.06. The van der Waals surface area contributed by atoms with Crippen molar-refractivity contribution in [3.05, 3.63) is 25.3 Å². The van der Waals surface area contributed by atoms with Crippen molar-refractivity contribution in [1.82, 2.24) is 0 Å². The predicted molar refractivity (Wildman–Crippen MR) is 59.0 cm³/mol. The van der Waals surface area contributed by atoms with Crippen molar-refractivity contribution in [1.29, 1.82) is 0 Å². The predicted octanol–water partition coefficient (Wildman–Crippen LogP) is 2.87. The third-order valence-electron chi connectivity index (χ3n) is 1.73. The van der Waals surface area contributed by atoms with E-state index in [9.17, 15) is 0 Å². The van der Waals surface area contributed by atoms with E-state index in [0.717, 1.165) is 12.1 Å². The molecule has 0 aliphatic rings. The first kappa shape index (κ1) is 12.6. The maximum Gasteiger partial charge on any atom is 0.345 e. The van der Waals surface area contributed by atoms with E-state index in [-0.39, 0.29) is 0 Å². The minimum atomic E-state index is -2.03. The summed E-state index contributed by atoms with van der Waals surface area (Å²) in [6.07, 6.45) is 3.75. The molecule has 0 spiro atoms. The normalized spacial score (nSPS) is 11.2. The first-order valence-corrected chi connectivity index (χ1v) is 6.97. The van der Waals surface area contributed by atoms with Gasteiger partial charge in [0.25, 0.3) is 0 Å². The molecule has 0 radical (unpaired) electrons. The van der Waals surface area contributed by atoms with E-state index in [4.69, 9.17) is 8.85 Å². The van der Waals surface area contributed by atoms with Crippen molar-refractivity contribution in [3.8, 4) is 0 Å². The van der Waals surface area contributed by atoms with Crippen LogP contribution in [0.3, 0.4) is 0 Å². The minimum absolute atomic E-state index is 0.702. The molecular formula is C10H20O2Si. The largest absolute Gasteiger partial charge is 0.394 e. The molecule has 0 aromatic rings. The Bertz CT molecular complexity index is 139. The SMILES string of the molecule is C=CC[Si](CC=C)(OCC)OCC. The molecule has 0 amide bonds. The molecule has 0 bridgehead atoms. The summed E-state index contributed by atoms with van der Waals surface area (Å²) in [5.41, 5.74) is 0. The highest BCUT2D eigenvalue weighted by atomic mass is 28.4. The van der Waals surface area contributed by atoms with Gasteiger partial charge in [0.15, 0.2) is 0 Å². The zero-order valence-electron chi connectivity index (χ0n) is 8.71. The van der Waals surface area contributed by atoms with Gasteiger partial charge in [-0.15, -0.1) is 13.2 Å². The number of hydrogen-bond donors (Lipinski definition) is 0. The van der Waals surface area contributed by atoms with Crippen molar-refractivity contribution in [3.63, 3.8) is 0 Å². The van der Waals surface area contributed by atoms with E-state index >= 15 is 0 Å². The van der Waals surface area contributed by atoms with Crippen LogP contribution in [0.1, 0.15) is 13.8 Å². The fourth-order valence-electron chi connectivity index (χ4n) is 1.33. The Morgan fingerprint density at radius 2 is 1.38 bits per heavy atom. The molecule has 0 unspecified atom stereocenters. The van der Waals surface area contributed by atoms with Gasteiger partial charge in [-0.05, 0) is 13.8 Å². The van der Waals surface area contributed by atoms with Gasteiger partial charge in [0.1, 0.15) is 0 Å². The van der Waals surface area contributed by atoms with E-state index in [2.05, 4.69) is 13.2 Å². The second kappa shape index (κ2) is 7.06. The standard InChI is InChI=1S/C10H20O2Si/c1-5-9-13(10-6-2,11-7-3)12-8-4/h5-6H,1-2,7-10H2,3-4H3. The molecule has 0 fully saturated rings. The molecule has 0 atom stereocenters. The second-order valence-corrected chi connectivity index (χ2v) is 5.98. The van der Waals surface area contributed by atoms with Gasteiger partial charge in [-0.2, -0.15) is 0 Å². The summed E-state index contributed by atoms with van der Waals surface area (Å²) in [4.78, 5) is 0. The van der Waals surface area contributed by atoms with Gasteiger partial charge < -0.3 is 8.85 Å². The summed E-state index contributed by atoms with van der Waals surface area (Å²) in [7, 11) is -2.03. The molecule has 0 aromatic heterocycles. The maximum absolute atomic E-state index is 5.72. The molecule has 2 nitrogen and oxygen atoms in total. The van der Waals surface area contributed by atoms with Crippen molar-refractivity contribution in [2.45, 2.75) is 25.9 Å². The molecule has 0 heterocycles. The summed E-state index contributed by atoms with van der Waals surface area (Å²) < 4.78 is 11.4. The van der Waals surface area contributed by atoms with Gasteiger partial charge in [-0.3, -0.25) is 0 Å². The summed E-state index contributed by atoms with van der Waals surface area (Å²) in [5, 5.41) is 0. The number of rotatable bonds is 8. The molecule has 0 N–H and O–H groups in total. The Hall–Kier alpha value is -0.383. The lowest BCUT2D eigenvalue weighted by atomic mass is 10.7. The van der Waals surface area contributed by atoms with Crippen molar-refractivity contribution in [2.75, 3.05) is 13.2 Å². The van der Waals surface area contributed by atoms with Crippen LogP contribution in [0.2, 0.25) is 12.1 Å². The van der Waals surface area contributed by atoms with Crippen LogP contribution in [0.4, 0.5) is 0 Å². The van der Waals surface area contributed by atoms with Gasteiger partial charge in [-0.1, -0.05) is 12.2 Å². The third kappa shape index (κ3) is 4.41. The highest BCUT2D eigenvalue weighted by Crippen LogP contribution is 2.19. The Balaban J connectivity index is 4.35. The second-order valence-electron chi connectivity index (χ2n) is 2.76. The first-order valence-electron chi connectivity index (χ1n) is 4.74. The van der Waals surface area contributed by atoms with Gasteiger partial charge in [0.2, 0.25) is 0 Å². The van der Waals surface area contributed by atoms with Crippen LogP contribution < -0.4 is 0 Å². The molecule has 0 aromatic carbocycles. The monoisotopic (exact) mass is 200 g/mol. The molecule has 76 valence electrons. The lowest BCUT2D eigenvalue weighted by molar-refractivity contribution is 0.188. The third-order valence-corrected chi connectivity index (χ3v) is 5.18.